The first-order valence-corrected chi connectivity index (χ1v) is 7.43. The number of carboxylic acids is 1. The third-order valence-electron chi connectivity index (χ3n) is 2.75. The van der Waals surface area contributed by atoms with Crippen molar-refractivity contribution in [3.63, 3.8) is 0 Å². The zero-order valence-corrected chi connectivity index (χ0v) is 12.4. The highest BCUT2D eigenvalue weighted by Gasteiger charge is 2.18. The smallest absolute Gasteiger partial charge is 0.356 e. The van der Waals surface area contributed by atoms with Crippen LogP contribution >= 0.6 is 11.3 Å². The number of aromatic carboxylic acids is 1. The van der Waals surface area contributed by atoms with Crippen molar-refractivity contribution in [1.29, 1.82) is 0 Å². The number of carboxylic acid groups (broad SMARTS) is 1. The lowest BCUT2D eigenvalue weighted by molar-refractivity contribution is 0.0692. The zero-order valence-electron chi connectivity index (χ0n) is 11.5. The van der Waals surface area contributed by atoms with Gasteiger partial charge in [-0.2, -0.15) is 0 Å². The van der Waals surface area contributed by atoms with Gasteiger partial charge in [0.2, 0.25) is 0 Å². The summed E-state index contributed by atoms with van der Waals surface area (Å²) in [6.45, 7) is 4.66. The molecule has 0 saturated heterocycles. The van der Waals surface area contributed by atoms with Crippen molar-refractivity contribution >= 4 is 17.3 Å². The van der Waals surface area contributed by atoms with E-state index in [1.807, 2.05) is 38.1 Å². The molecule has 106 valence electrons. The Labute approximate surface area is 122 Å². The third-order valence-corrected chi connectivity index (χ3v) is 3.99. The Morgan fingerprint density at radius 2 is 2.20 bits per heavy atom. The fourth-order valence-electron chi connectivity index (χ4n) is 1.80. The number of nitrogens with zero attached hydrogens (tertiary/aromatic N) is 1. The summed E-state index contributed by atoms with van der Waals surface area (Å²) in [5, 5.41) is 10.1. The average molecular weight is 291 g/mol. The molecule has 0 radical (unpaired) electrons. The molecule has 0 fully saturated rings. The maximum Gasteiger partial charge on any atom is 0.356 e. The third kappa shape index (κ3) is 3.17. The Hall–Kier alpha value is -1.88. The first-order valence-electron chi connectivity index (χ1n) is 6.62. The first kappa shape index (κ1) is 14.5. The molecule has 0 amide bonds. The topological polar surface area (TPSA) is 59.4 Å². The summed E-state index contributed by atoms with van der Waals surface area (Å²) >= 11 is 1.43. The van der Waals surface area contributed by atoms with Crippen LogP contribution in [0.3, 0.4) is 0 Å². The van der Waals surface area contributed by atoms with Gasteiger partial charge in [-0.15, -0.1) is 11.3 Å². The van der Waals surface area contributed by atoms with Crippen molar-refractivity contribution in [2.75, 3.05) is 6.61 Å². The van der Waals surface area contributed by atoms with Crippen LogP contribution in [0.1, 0.15) is 35.8 Å². The van der Waals surface area contributed by atoms with Crippen molar-refractivity contribution in [3.8, 4) is 16.2 Å². The summed E-state index contributed by atoms with van der Waals surface area (Å²) in [7, 11) is 0. The van der Waals surface area contributed by atoms with E-state index in [1.54, 1.807) is 0 Å². The maximum atomic E-state index is 11.3. The first-order chi connectivity index (χ1) is 9.65. The molecule has 1 aromatic heterocycles. The van der Waals surface area contributed by atoms with Gasteiger partial charge in [-0.3, -0.25) is 0 Å². The largest absolute Gasteiger partial charge is 0.494 e. The maximum absolute atomic E-state index is 11.3. The molecule has 1 aromatic carbocycles. The van der Waals surface area contributed by atoms with Crippen LogP contribution in [-0.4, -0.2) is 22.7 Å². The molecule has 4 nitrogen and oxygen atoms in total. The SMILES string of the molecule is CCCOc1cccc(-c2sc(CC)nc2C(=O)O)c1. The molecule has 20 heavy (non-hydrogen) atoms. The fourth-order valence-corrected chi connectivity index (χ4v) is 2.79. The molecule has 0 bridgehead atoms. The minimum Gasteiger partial charge on any atom is -0.494 e. The van der Waals surface area contributed by atoms with Gasteiger partial charge in [-0.05, 0) is 30.5 Å². The van der Waals surface area contributed by atoms with Gasteiger partial charge >= 0.3 is 5.97 Å². The van der Waals surface area contributed by atoms with Gasteiger partial charge in [-0.25, -0.2) is 9.78 Å². The van der Waals surface area contributed by atoms with E-state index in [0.717, 1.165) is 29.2 Å². The van der Waals surface area contributed by atoms with Gasteiger partial charge < -0.3 is 9.84 Å². The van der Waals surface area contributed by atoms with Crippen molar-refractivity contribution in [2.45, 2.75) is 26.7 Å². The van der Waals surface area contributed by atoms with E-state index in [-0.39, 0.29) is 5.69 Å². The van der Waals surface area contributed by atoms with Crippen LogP contribution in [0.5, 0.6) is 5.75 Å². The molecule has 2 aromatic rings. The number of benzene rings is 1. The summed E-state index contributed by atoms with van der Waals surface area (Å²) in [6, 6.07) is 7.51. The molecule has 0 spiro atoms. The highest BCUT2D eigenvalue weighted by molar-refractivity contribution is 7.15. The van der Waals surface area contributed by atoms with E-state index in [0.29, 0.717) is 11.5 Å². The van der Waals surface area contributed by atoms with E-state index >= 15 is 0 Å². The lowest BCUT2D eigenvalue weighted by Gasteiger charge is -2.06. The number of thiazole rings is 1. The van der Waals surface area contributed by atoms with E-state index in [9.17, 15) is 9.90 Å². The van der Waals surface area contributed by atoms with Crippen molar-refractivity contribution in [3.05, 3.63) is 35.0 Å². The standard InChI is InChI=1S/C15H17NO3S/c1-3-8-19-11-7-5-6-10(9-11)14-13(15(17)18)16-12(4-2)20-14/h5-7,9H,3-4,8H2,1-2H3,(H,17,18). The predicted octanol–water partition coefficient (Wildman–Crippen LogP) is 3.86. The second-order valence-electron chi connectivity index (χ2n) is 4.32. The van der Waals surface area contributed by atoms with Crippen LogP contribution in [-0.2, 0) is 6.42 Å². The minimum absolute atomic E-state index is 0.125. The number of carbonyl (C=O) groups is 1. The highest BCUT2D eigenvalue weighted by atomic mass is 32.1. The molecule has 0 unspecified atom stereocenters. The second-order valence-corrected chi connectivity index (χ2v) is 5.40. The molecule has 1 N–H and O–H groups in total. The number of hydrogen-bond acceptors (Lipinski definition) is 4. The van der Waals surface area contributed by atoms with Gasteiger partial charge in [0.05, 0.1) is 16.5 Å². The van der Waals surface area contributed by atoms with Gasteiger partial charge in [0.25, 0.3) is 0 Å². The number of hydrogen-bond donors (Lipinski definition) is 1. The lowest BCUT2D eigenvalue weighted by atomic mass is 10.1. The van der Waals surface area contributed by atoms with Crippen LogP contribution in [0, 0.1) is 0 Å². The van der Waals surface area contributed by atoms with Crippen LogP contribution < -0.4 is 4.74 Å². The number of aromatic nitrogens is 1. The molecule has 1 heterocycles. The van der Waals surface area contributed by atoms with Gasteiger partial charge in [0.15, 0.2) is 5.69 Å². The molecule has 0 atom stereocenters. The Balaban J connectivity index is 2.40. The second kappa shape index (κ2) is 6.52. The number of rotatable bonds is 6. The van der Waals surface area contributed by atoms with E-state index in [2.05, 4.69) is 4.98 Å². The highest BCUT2D eigenvalue weighted by Crippen LogP contribution is 2.32. The van der Waals surface area contributed by atoms with Crippen LogP contribution in [0.15, 0.2) is 24.3 Å². The van der Waals surface area contributed by atoms with Crippen LogP contribution in [0.2, 0.25) is 0 Å². The summed E-state index contributed by atoms with van der Waals surface area (Å²) < 4.78 is 5.59. The minimum atomic E-state index is -0.990. The van der Waals surface area contributed by atoms with Crippen molar-refractivity contribution in [1.82, 2.24) is 4.98 Å². The number of aryl methyl sites for hydroxylation is 1. The molecule has 0 aliphatic carbocycles. The van der Waals surface area contributed by atoms with Gasteiger partial charge in [-0.1, -0.05) is 26.0 Å². The van der Waals surface area contributed by atoms with E-state index in [1.165, 1.54) is 11.3 Å². The van der Waals surface area contributed by atoms with E-state index in [4.69, 9.17) is 4.74 Å². The summed E-state index contributed by atoms with van der Waals surface area (Å²) in [5.74, 6) is -0.233. The summed E-state index contributed by atoms with van der Waals surface area (Å²) in [6.07, 6.45) is 1.67. The van der Waals surface area contributed by atoms with Crippen molar-refractivity contribution in [2.24, 2.45) is 0 Å². The molecule has 5 heteroatoms. The Morgan fingerprint density at radius 3 is 2.85 bits per heavy atom. The van der Waals surface area contributed by atoms with Gasteiger partial charge in [0, 0.05) is 0 Å². The Kier molecular flexibility index (Phi) is 4.74. The lowest BCUT2D eigenvalue weighted by Crippen LogP contribution is -1.99. The summed E-state index contributed by atoms with van der Waals surface area (Å²) in [5.41, 5.74) is 0.965. The average Bonchev–Trinajstić information content (AvgIpc) is 2.90. The van der Waals surface area contributed by atoms with Gasteiger partial charge in [0.1, 0.15) is 5.75 Å². The fraction of sp³-hybridized carbons (Fsp3) is 0.333. The van der Waals surface area contributed by atoms with Crippen molar-refractivity contribution < 1.29 is 14.6 Å². The van der Waals surface area contributed by atoms with Crippen LogP contribution in [0.25, 0.3) is 10.4 Å². The quantitative estimate of drug-likeness (QED) is 0.878. The molecule has 2 rings (SSSR count). The molecular formula is C15H17NO3S. The molecule has 0 saturated carbocycles. The Morgan fingerprint density at radius 1 is 1.40 bits per heavy atom. The normalized spacial score (nSPS) is 10.5. The molecule has 0 aliphatic rings. The predicted molar refractivity (Wildman–Crippen MR) is 79.7 cm³/mol. The monoisotopic (exact) mass is 291 g/mol. The molecule has 0 aliphatic heterocycles. The summed E-state index contributed by atoms with van der Waals surface area (Å²) in [4.78, 5) is 16.2. The van der Waals surface area contributed by atoms with Crippen LogP contribution in [0.4, 0.5) is 0 Å². The number of ether oxygens (including phenoxy) is 1. The zero-order chi connectivity index (χ0) is 14.5. The Bertz CT molecular complexity index is 607. The van der Waals surface area contributed by atoms with E-state index < -0.39 is 5.97 Å². The molecular weight excluding hydrogens is 274 g/mol.